The maximum Gasteiger partial charge on any atom is 0.460 e. The molecular formula is C16H16F15I. The van der Waals surface area contributed by atoms with Crippen LogP contribution in [0.4, 0.5) is 65.9 Å². The zero-order chi connectivity index (χ0) is 26.0. The number of unbranched alkanes of at least 4 members (excludes halogenated alkanes) is 4. The molecule has 0 unspecified atom stereocenters. The van der Waals surface area contributed by atoms with E-state index in [1.165, 1.54) is 0 Å². The first-order chi connectivity index (χ1) is 14.0. The molecule has 0 aliphatic heterocycles. The molecule has 0 saturated carbocycles. The van der Waals surface area contributed by atoms with Crippen LogP contribution in [0, 0.1) is 0 Å². The van der Waals surface area contributed by atoms with Gasteiger partial charge in [-0.25, -0.2) is 0 Å². The van der Waals surface area contributed by atoms with Gasteiger partial charge in [0, 0.05) is 6.08 Å². The van der Waals surface area contributed by atoms with E-state index in [0.717, 1.165) is 29.0 Å². The monoisotopic (exact) mass is 620 g/mol. The Labute approximate surface area is 185 Å². The Morgan fingerprint density at radius 2 is 0.938 bits per heavy atom. The van der Waals surface area contributed by atoms with Crippen molar-refractivity contribution in [2.45, 2.75) is 87.2 Å². The summed E-state index contributed by atoms with van der Waals surface area (Å²) in [7, 11) is 0. The van der Waals surface area contributed by atoms with E-state index in [-0.39, 0.29) is 6.42 Å². The number of halogens is 16. The normalized spacial score (nSPS) is 16.0. The van der Waals surface area contributed by atoms with E-state index in [0.29, 0.717) is 19.3 Å². The van der Waals surface area contributed by atoms with Crippen LogP contribution >= 0.6 is 22.6 Å². The molecule has 0 aromatic carbocycles. The lowest BCUT2D eigenvalue weighted by molar-refractivity contribution is -0.449. The van der Waals surface area contributed by atoms with E-state index in [1.807, 2.05) is 6.92 Å². The van der Waals surface area contributed by atoms with Crippen molar-refractivity contribution in [2.24, 2.45) is 0 Å². The predicted octanol–water partition coefficient (Wildman–Crippen LogP) is 9.04. The molecule has 192 valence electrons. The molecule has 0 rings (SSSR count). The topological polar surface area (TPSA) is 0 Å². The van der Waals surface area contributed by atoms with E-state index >= 15 is 0 Å². The van der Waals surface area contributed by atoms with Crippen LogP contribution in [0.5, 0.6) is 0 Å². The first-order valence-corrected chi connectivity index (χ1v) is 9.74. The Balaban J connectivity index is 6.07. The van der Waals surface area contributed by atoms with Gasteiger partial charge in [-0.15, -0.1) is 0 Å². The molecule has 0 aromatic rings. The molecule has 0 bridgehead atoms. The lowest BCUT2D eigenvalue weighted by atomic mass is 9.91. The second-order valence-corrected chi connectivity index (χ2v) is 8.13. The van der Waals surface area contributed by atoms with Crippen LogP contribution in [0.1, 0.15) is 45.4 Å². The average molecular weight is 620 g/mol. The minimum absolute atomic E-state index is 0.0683. The lowest BCUT2D eigenvalue weighted by Gasteiger charge is -2.41. The molecule has 16 heteroatoms. The predicted molar refractivity (Wildman–Crippen MR) is 91.2 cm³/mol. The first-order valence-electron chi connectivity index (χ1n) is 8.66. The summed E-state index contributed by atoms with van der Waals surface area (Å²) in [6.45, 7) is 1.82. The van der Waals surface area contributed by atoms with Crippen molar-refractivity contribution in [1.29, 1.82) is 0 Å². The maximum absolute atomic E-state index is 13.7. The third-order valence-electron chi connectivity index (χ3n) is 4.21. The molecule has 0 atom stereocenters. The standard InChI is InChI=1S/C16H16F15I/c1-2-3-4-5-6-7-9(32)8-10(17,18)11(19,20)12(21,22)13(23,24)14(25,26)15(27,28)16(29,30)31/h8H,2-7H2,1H3. The molecule has 0 fully saturated rings. The summed E-state index contributed by atoms with van der Waals surface area (Å²) in [5.41, 5.74) is 0. The third kappa shape index (κ3) is 5.55. The van der Waals surface area contributed by atoms with Gasteiger partial charge in [-0.2, -0.15) is 65.9 Å². The highest BCUT2D eigenvalue weighted by Gasteiger charge is 2.93. The number of hydrogen-bond acceptors (Lipinski definition) is 0. The number of rotatable bonds is 12. The number of hydrogen-bond donors (Lipinski definition) is 0. The maximum atomic E-state index is 13.7. The van der Waals surface area contributed by atoms with Gasteiger partial charge in [-0.3, -0.25) is 0 Å². The van der Waals surface area contributed by atoms with E-state index < -0.39 is 57.8 Å². The van der Waals surface area contributed by atoms with Gasteiger partial charge in [0.05, 0.1) is 0 Å². The summed E-state index contributed by atoms with van der Waals surface area (Å²) in [6.07, 6.45) is -6.47. The molecule has 0 aliphatic carbocycles. The summed E-state index contributed by atoms with van der Waals surface area (Å²) in [5.74, 6) is -46.2. The quantitative estimate of drug-likeness (QED) is 0.116. The molecule has 0 aliphatic rings. The van der Waals surface area contributed by atoms with Gasteiger partial charge in [0.1, 0.15) is 0 Å². The molecule has 0 saturated heterocycles. The van der Waals surface area contributed by atoms with Crippen LogP contribution in [-0.4, -0.2) is 41.7 Å². The molecule has 0 aromatic heterocycles. The summed E-state index contributed by atoms with van der Waals surface area (Å²) >= 11 is 0.955. The van der Waals surface area contributed by atoms with Gasteiger partial charge in [-0.05, 0) is 39.0 Å². The fourth-order valence-electron chi connectivity index (χ4n) is 2.24. The second kappa shape index (κ2) is 9.96. The SMILES string of the molecule is CCCCCCCC(I)=CC(F)(F)C(F)(F)C(F)(F)C(F)(F)C(F)(F)C(F)(F)C(F)(F)F. The molecule has 0 amide bonds. The average Bonchev–Trinajstić information content (AvgIpc) is 2.59. The van der Waals surface area contributed by atoms with Crippen LogP contribution in [0.15, 0.2) is 9.66 Å². The summed E-state index contributed by atoms with van der Waals surface area (Å²) < 4.78 is 195. The minimum Gasteiger partial charge on any atom is -0.195 e. The van der Waals surface area contributed by atoms with Crippen molar-refractivity contribution in [1.82, 2.24) is 0 Å². The number of allylic oxidation sites excluding steroid dienone is 2. The van der Waals surface area contributed by atoms with Gasteiger partial charge in [0.25, 0.3) is 0 Å². The second-order valence-electron chi connectivity index (χ2n) is 6.75. The van der Waals surface area contributed by atoms with Crippen molar-refractivity contribution in [2.75, 3.05) is 0 Å². The van der Waals surface area contributed by atoms with Gasteiger partial charge in [0.2, 0.25) is 0 Å². The smallest absolute Gasteiger partial charge is 0.195 e. The molecular weight excluding hydrogens is 604 g/mol. The Kier molecular flexibility index (Phi) is 9.78. The van der Waals surface area contributed by atoms with Gasteiger partial charge in [0.15, 0.2) is 0 Å². The Hall–Kier alpha value is -0.580. The molecule has 0 spiro atoms. The Morgan fingerprint density at radius 1 is 0.562 bits per heavy atom. The van der Waals surface area contributed by atoms with Crippen LogP contribution in [0.2, 0.25) is 0 Å². The van der Waals surface area contributed by atoms with Gasteiger partial charge >= 0.3 is 41.7 Å². The Bertz CT molecular complexity index is 648. The van der Waals surface area contributed by atoms with Crippen LogP contribution in [0.3, 0.4) is 0 Å². The van der Waals surface area contributed by atoms with Crippen LogP contribution in [-0.2, 0) is 0 Å². The molecule has 32 heavy (non-hydrogen) atoms. The highest BCUT2D eigenvalue weighted by molar-refractivity contribution is 14.1. The zero-order valence-corrected chi connectivity index (χ0v) is 18.0. The van der Waals surface area contributed by atoms with E-state index in [2.05, 4.69) is 0 Å². The first kappa shape index (κ1) is 31.4. The van der Waals surface area contributed by atoms with E-state index in [1.54, 1.807) is 0 Å². The zero-order valence-electron chi connectivity index (χ0n) is 15.9. The number of alkyl halides is 15. The Morgan fingerprint density at radius 3 is 1.34 bits per heavy atom. The van der Waals surface area contributed by atoms with Crippen LogP contribution < -0.4 is 0 Å². The largest absolute Gasteiger partial charge is 0.460 e. The summed E-state index contributed by atoms with van der Waals surface area (Å²) in [5, 5.41) is 0. The van der Waals surface area contributed by atoms with Crippen molar-refractivity contribution in [3.05, 3.63) is 9.66 Å². The van der Waals surface area contributed by atoms with Crippen molar-refractivity contribution in [3.8, 4) is 0 Å². The van der Waals surface area contributed by atoms with E-state index in [9.17, 15) is 65.9 Å². The van der Waals surface area contributed by atoms with Crippen molar-refractivity contribution >= 4 is 22.6 Å². The fourth-order valence-corrected chi connectivity index (χ4v) is 3.01. The van der Waals surface area contributed by atoms with Crippen molar-refractivity contribution in [3.63, 3.8) is 0 Å². The molecule has 0 radical (unpaired) electrons. The van der Waals surface area contributed by atoms with Gasteiger partial charge in [-0.1, -0.05) is 32.6 Å². The molecule has 0 N–H and O–H groups in total. The van der Waals surface area contributed by atoms with Gasteiger partial charge < -0.3 is 0 Å². The summed E-state index contributed by atoms with van der Waals surface area (Å²) in [6, 6.07) is 0. The van der Waals surface area contributed by atoms with Crippen LogP contribution in [0.25, 0.3) is 0 Å². The highest BCUT2D eigenvalue weighted by Crippen LogP contribution is 2.62. The summed E-state index contributed by atoms with van der Waals surface area (Å²) in [4.78, 5) is 0. The highest BCUT2D eigenvalue weighted by atomic mass is 127. The fraction of sp³-hybridized carbons (Fsp3) is 0.875. The lowest BCUT2D eigenvalue weighted by Crippen LogP contribution is -2.72. The van der Waals surface area contributed by atoms with E-state index in [4.69, 9.17) is 0 Å². The molecule has 0 nitrogen and oxygen atoms in total. The molecule has 0 heterocycles. The van der Waals surface area contributed by atoms with Crippen molar-refractivity contribution < 1.29 is 65.9 Å². The third-order valence-corrected chi connectivity index (χ3v) is 5.06. The minimum atomic E-state index is -8.24.